The van der Waals surface area contributed by atoms with E-state index < -0.39 is 17.6 Å². The van der Waals surface area contributed by atoms with E-state index in [9.17, 15) is 9.18 Å². The number of amides is 1. The monoisotopic (exact) mass is 345 g/mol. The molecule has 0 bridgehead atoms. The largest absolute Gasteiger partial charge is 0.496 e. The van der Waals surface area contributed by atoms with E-state index in [4.69, 9.17) is 19.9 Å². The minimum absolute atomic E-state index is 0.369. The van der Waals surface area contributed by atoms with E-state index in [1.165, 1.54) is 19.2 Å². The summed E-state index contributed by atoms with van der Waals surface area (Å²) in [5.74, 6) is 0.668. The molecule has 1 unspecified atom stereocenters. The molecule has 1 amide bonds. The molecule has 1 heterocycles. The van der Waals surface area contributed by atoms with Crippen molar-refractivity contribution in [1.29, 1.82) is 0 Å². The minimum Gasteiger partial charge on any atom is -0.496 e. The van der Waals surface area contributed by atoms with E-state index in [1.54, 1.807) is 6.07 Å². The predicted molar refractivity (Wildman–Crippen MR) is 91.1 cm³/mol. The third kappa shape index (κ3) is 3.24. The van der Waals surface area contributed by atoms with Gasteiger partial charge in [0.25, 0.3) is 0 Å². The van der Waals surface area contributed by atoms with Crippen LogP contribution in [0.2, 0.25) is 0 Å². The van der Waals surface area contributed by atoms with Crippen molar-refractivity contribution in [1.82, 2.24) is 0 Å². The molecular weight excluding hydrogens is 325 g/mol. The molecule has 1 atom stereocenters. The van der Waals surface area contributed by atoms with Crippen LogP contribution in [0.25, 0.3) is 11.1 Å². The quantitative estimate of drug-likeness (QED) is 0.911. The molecule has 2 aromatic rings. The number of ether oxygens (including phenoxy) is 3. The highest BCUT2D eigenvalue weighted by Crippen LogP contribution is 2.46. The van der Waals surface area contributed by atoms with Crippen molar-refractivity contribution in [3.8, 4) is 22.6 Å². The van der Waals surface area contributed by atoms with Gasteiger partial charge in [0.1, 0.15) is 23.4 Å². The van der Waals surface area contributed by atoms with Gasteiger partial charge in [0.15, 0.2) is 0 Å². The molecule has 1 aliphatic heterocycles. The van der Waals surface area contributed by atoms with Crippen LogP contribution < -0.4 is 15.2 Å². The van der Waals surface area contributed by atoms with Crippen LogP contribution in [-0.4, -0.2) is 19.8 Å². The van der Waals surface area contributed by atoms with E-state index in [2.05, 4.69) is 0 Å². The zero-order chi connectivity index (χ0) is 18.2. The molecule has 0 aliphatic carbocycles. The van der Waals surface area contributed by atoms with Crippen LogP contribution in [0.4, 0.5) is 9.18 Å². The Labute approximate surface area is 145 Å². The Bertz CT molecular complexity index is 819. The highest BCUT2D eigenvalue weighted by atomic mass is 19.1. The predicted octanol–water partition coefficient (Wildman–Crippen LogP) is 4.06. The summed E-state index contributed by atoms with van der Waals surface area (Å²) >= 11 is 0. The van der Waals surface area contributed by atoms with Crippen LogP contribution in [0, 0.1) is 11.2 Å². The number of nitrogens with two attached hydrogens (primary N) is 1. The Morgan fingerprint density at radius 3 is 2.72 bits per heavy atom. The normalized spacial score (nSPS) is 18.0. The van der Waals surface area contributed by atoms with E-state index in [0.29, 0.717) is 18.1 Å². The minimum atomic E-state index is -0.824. The van der Waals surface area contributed by atoms with E-state index in [0.717, 1.165) is 16.7 Å². The number of rotatable bonds is 3. The number of hydrogen-bond donors (Lipinski definition) is 1. The maximum atomic E-state index is 13.4. The summed E-state index contributed by atoms with van der Waals surface area (Å²) in [7, 11) is 1.49. The summed E-state index contributed by atoms with van der Waals surface area (Å²) in [5.41, 5.74) is 7.12. The number of halogens is 1. The molecule has 25 heavy (non-hydrogen) atoms. The molecule has 0 saturated carbocycles. The van der Waals surface area contributed by atoms with E-state index in [1.807, 2.05) is 32.0 Å². The number of hydrogen-bond acceptors (Lipinski definition) is 4. The fourth-order valence-corrected chi connectivity index (χ4v) is 3.05. The second-order valence-electron chi connectivity index (χ2n) is 6.69. The summed E-state index contributed by atoms with van der Waals surface area (Å²) in [6.07, 6.45) is -1.33. The highest BCUT2D eigenvalue weighted by Gasteiger charge is 2.40. The second-order valence-corrected chi connectivity index (χ2v) is 6.69. The summed E-state index contributed by atoms with van der Waals surface area (Å²) < 4.78 is 29.9. The molecule has 6 heteroatoms. The van der Waals surface area contributed by atoms with Crippen LogP contribution in [0.3, 0.4) is 0 Å². The summed E-state index contributed by atoms with van der Waals surface area (Å²) in [6, 6.07) is 9.88. The lowest BCUT2D eigenvalue weighted by Crippen LogP contribution is -2.37. The number of benzene rings is 2. The molecule has 5 nitrogen and oxygen atoms in total. The maximum Gasteiger partial charge on any atom is 0.405 e. The van der Waals surface area contributed by atoms with Crippen LogP contribution in [-0.2, 0) is 4.74 Å². The Kier molecular flexibility index (Phi) is 4.29. The number of primary amides is 1. The molecule has 1 aliphatic rings. The zero-order valence-corrected chi connectivity index (χ0v) is 14.3. The van der Waals surface area contributed by atoms with Gasteiger partial charge >= 0.3 is 6.09 Å². The highest BCUT2D eigenvalue weighted by molar-refractivity contribution is 5.73. The smallest absolute Gasteiger partial charge is 0.405 e. The topological polar surface area (TPSA) is 70.8 Å². The van der Waals surface area contributed by atoms with Crippen molar-refractivity contribution in [2.45, 2.75) is 20.0 Å². The second kappa shape index (κ2) is 6.27. The van der Waals surface area contributed by atoms with Gasteiger partial charge < -0.3 is 19.9 Å². The van der Waals surface area contributed by atoms with Gasteiger partial charge in [0.2, 0.25) is 0 Å². The molecule has 132 valence electrons. The van der Waals surface area contributed by atoms with E-state index in [-0.39, 0.29) is 5.82 Å². The molecular formula is C19H20FNO4. The molecule has 3 rings (SSSR count). The van der Waals surface area contributed by atoms with Crippen molar-refractivity contribution in [3.63, 3.8) is 0 Å². The fourth-order valence-electron chi connectivity index (χ4n) is 3.05. The van der Waals surface area contributed by atoms with Gasteiger partial charge in [0.05, 0.1) is 13.7 Å². The number of carbonyl (C=O) groups is 1. The number of carbonyl (C=O) groups excluding carboxylic acids is 1. The molecule has 2 N–H and O–H groups in total. The van der Waals surface area contributed by atoms with Gasteiger partial charge in [-0.15, -0.1) is 0 Å². The third-order valence-electron chi connectivity index (χ3n) is 4.31. The SMILES string of the molecule is COc1cc(F)ccc1-c1ccc2c(c1)OCC(C)(C)C2OC(N)=O. The molecule has 2 aromatic carbocycles. The molecule has 0 radical (unpaired) electrons. The van der Waals surface area contributed by atoms with Crippen LogP contribution in [0.5, 0.6) is 11.5 Å². The lowest BCUT2D eigenvalue weighted by Gasteiger charge is -2.38. The lowest BCUT2D eigenvalue weighted by atomic mass is 9.80. The van der Waals surface area contributed by atoms with Crippen molar-refractivity contribution in [2.75, 3.05) is 13.7 Å². The lowest BCUT2D eigenvalue weighted by molar-refractivity contribution is -0.0176. The van der Waals surface area contributed by atoms with Gasteiger partial charge in [0, 0.05) is 22.6 Å². The Hall–Kier alpha value is -2.76. The first-order valence-electron chi connectivity index (χ1n) is 7.88. The summed E-state index contributed by atoms with van der Waals surface area (Å²) in [4.78, 5) is 11.3. The first kappa shape index (κ1) is 17.1. The van der Waals surface area contributed by atoms with E-state index >= 15 is 0 Å². The Morgan fingerprint density at radius 1 is 1.28 bits per heavy atom. The fraction of sp³-hybridized carbons (Fsp3) is 0.316. The average Bonchev–Trinajstić information content (AvgIpc) is 2.57. The van der Waals surface area contributed by atoms with Gasteiger partial charge in [-0.05, 0) is 23.8 Å². The first-order chi connectivity index (χ1) is 11.8. The van der Waals surface area contributed by atoms with Crippen LogP contribution in [0.15, 0.2) is 36.4 Å². The number of fused-ring (bicyclic) bond motifs is 1. The van der Waals surface area contributed by atoms with Gasteiger partial charge in [-0.25, -0.2) is 9.18 Å². The molecule has 0 saturated heterocycles. The van der Waals surface area contributed by atoms with Crippen LogP contribution >= 0.6 is 0 Å². The molecule has 0 spiro atoms. The third-order valence-corrected chi connectivity index (χ3v) is 4.31. The molecule has 0 fully saturated rings. The number of methoxy groups -OCH3 is 1. The van der Waals surface area contributed by atoms with Crippen molar-refractivity contribution < 1.29 is 23.4 Å². The first-order valence-corrected chi connectivity index (χ1v) is 7.88. The average molecular weight is 345 g/mol. The Balaban J connectivity index is 2.05. The van der Waals surface area contributed by atoms with Gasteiger partial charge in [-0.1, -0.05) is 26.0 Å². The summed E-state index contributed by atoms with van der Waals surface area (Å²) in [6.45, 7) is 4.27. The van der Waals surface area contributed by atoms with Crippen LogP contribution in [0.1, 0.15) is 25.5 Å². The zero-order valence-electron chi connectivity index (χ0n) is 14.3. The van der Waals surface area contributed by atoms with Crippen molar-refractivity contribution in [2.24, 2.45) is 11.1 Å². The van der Waals surface area contributed by atoms with Gasteiger partial charge in [-0.3, -0.25) is 0 Å². The standard InChI is InChI=1S/C19H20FNO4/c1-19(2)10-24-16-8-11(4-6-14(16)17(19)25-18(21)22)13-7-5-12(20)9-15(13)23-3/h4-9,17H,10H2,1-3H3,(H2,21,22). The molecule has 0 aromatic heterocycles. The maximum absolute atomic E-state index is 13.4. The summed E-state index contributed by atoms with van der Waals surface area (Å²) in [5, 5.41) is 0. The van der Waals surface area contributed by atoms with Gasteiger partial charge in [-0.2, -0.15) is 0 Å². The Morgan fingerprint density at radius 2 is 2.04 bits per heavy atom. The van der Waals surface area contributed by atoms with Crippen molar-refractivity contribution in [3.05, 3.63) is 47.8 Å². The van der Waals surface area contributed by atoms with Crippen molar-refractivity contribution >= 4 is 6.09 Å².